The molecule has 0 unspecified atom stereocenters. The fourth-order valence-corrected chi connectivity index (χ4v) is 7.50. The van der Waals surface area contributed by atoms with Gasteiger partial charge >= 0.3 is 5.97 Å². The molecule has 0 heterocycles. The molecule has 2 nitrogen and oxygen atoms in total. The van der Waals surface area contributed by atoms with E-state index in [9.17, 15) is 4.79 Å². The van der Waals surface area contributed by atoms with Crippen LogP contribution in [0.5, 0.6) is 0 Å². The maximum atomic E-state index is 13.5. The molecule has 0 radical (unpaired) electrons. The summed E-state index contributed by atoms with van der Waals surface area (Å²) in [6.45, 7) is 4.83. The van der Waals surface area contributed by atoms with E-state index in [2.05, 4.69) is 6.92 Å². The fourth-order valence-electron chi connectivity index (χ4n) is 7.50. The molecule has 2 heteroatoms. The predicted molar refractivity (Wildman–Crippen MR) is 122 cm³/mol. The maximum absolute atomic E-state index is 13.5. The second-order valence-electron chi connectivity index (χ2n) is 10.7. The number of ether oxygens (including phenoxy) is 1. The Kier molecular flexibility index (Phi) is 8.93. The van der Waals surface area contributed by atoms with Crippen LogP contribution in [-0.2, 0) is 9.53 Å². The van der Waals surface area contributed by atoms with Crippen molar-refractivity contribution in [3.8, 4) is 0 Å². The van der Waals surface area contributed by atoms with Crippen molar-refractivity contribution in [3.05, 3.63) is 0 Å². The summed E-state index contributed by atoms with van der Waals surface area (Å²) in [5.41, 5.74) is 0.0452. The number of carbonyl (C=O) groups is 1. The van der Waals surface area contributed by atoms with Crippen LogP contribution in [0.1, 0.15) is 136 Å². The molecule has 0 amide bonds. The van der Waals surface area contributed by atoms with Crippen LogP contribution in [0.2, 0.25) is 0 Å². The molecule has 29 heavy (non-hydrogen) atoms. The van der Waals surface area contributed by atoms with Gasteiger partial charge in [-0.25, -0.2) is 0 Å². The molecule has 0 atom stereocenters. The molecule has 3 rings (SSSR count). The third kappa shape index (κ3) is 5.21. The third-order valence-electron chi connectivity index (χ3n) is 9.20. The van der Waals surface area contributed by atoms with Crippen molar-refractivity contribution in [2.75, 3.05) is 6.61 Å². The molecular weight excluding hydrogens is 356 g/mol. The molecule has 0 aromatic carbocycles. The molecule has 0 spiro atoms. The molecule has 3 fully saturated rings. The molecule has 168 valence electrons. The summed E-state index contributed by atoms with van der Waals surface area (Å²) in [6.07, 6.45) is 25.1. The first-order valence-corrected chi connectivity index (χ1v) is 13.3. The molecule has 0 bridgehead atoms. The van der Waals surface area contributed by atoms with Crippen LogP contribution >= 0.6 is 0 Å². The van der Waals surface area contributed by atoms with E-state index in [4.69, 9.17) is 4.74 Å². The first kappa shape index (κ1) is 23.1. The molecular formula is C27H48O2. The van der Waals surface area contributed by atoms with Crippen LogP contribution in [0.15, 0.2) is 0 Å². The van der Waals surface area contributed by atoms with Gasteiger partial charge in [0.05, 0.1) is 12.0 Å². The van der Waals surface area contributed by atoms with Gasteiger partial charge in [0.1, 0.15) is 0 Å². The summed E-state index contributed by atoms with van der Waals surface area (Å²) in [5, 5.41) is 0. The van der Waals surface area contributed by atoms with Crippen molar-refractivity contribution < 1.29 is 9.53 Å². The quantitative estimate of drug-likeness (QED) is 0.286. The van der Waals surface area contributed by atoms with Gasteiger partial charge in [-0.1, -0.05) is 84.0 Å². The number of unbranched alkanes of at least 4 members (excludes halogenated alkanes) is 3. The normalized spacial score (nSPS) is 30.8. The van der Waals surface area contributed by atoms with Crippen LogP contribution in [0.25, 0.3) is 0 Å². The van der Waals surface area contributed by atoms with Crippen molar-refractivity contribution in [1.82, 2.24) is 0 Å². The Hall–Kier alpha value is -0.530. The minimum Gasteiger partial charge on any atom is -0.466 e. The number of rotatable bonds is 9. The molecule has 0 aliphatic heterocycles. The smallest absolute Gasteiger partial charge is 0.312 e. The molecule has 3 aliphatic rings. The lowest BCUT2D eigenvalue weighted by Gasteiger charge is -2.55. The van der Waals surface area contributed by atoms with Gasteiger partial charge in [-0.05, 0) is 69.1 Å². The Morgan fingerprint density at radius 1 is 0.759 bits per heavy atom. The van der Waals surface area contributed by atoms with Crippen molar-refractivity contribution in [1.29, 1.82) is 0 Å². The Morgan fingerprint density at radius 3 is 2.00 bits per heavy atom. The van der Waals surface area contributed by atoms with Gasteiger partial charge in [-0.3, -0.25) is 4.79 Å². The summed E-state index contributed by atoms with van der Waals surface area (Å²) in [6, 6.07) is 0. The molecule has 0 aromatic heterocycles. The van der Waals surface area contributed by atoms with Gasteiger partial charge in [0, 0.05) is 0 Å². The van der Waals surface area contributed by atoms with E-state index in [1.54, 1.807) is 0 Å². The van der Waals surface area contributed by atoms with E-state index in [-0.39, 0.29) is 16.8 Å². The van der Waals surface area contributed by atoms with Crippen LogP contribution in [0.4, 0.5) is 0 Å². The molecule has 0 saturated heterocycles. The number of carbonyl (C=O) groups excluding carboxylic acids is 1. The van der Waals surface area contributed by atoms with Gasteiger partial charge in [0.15, 0.2) is 0 Å². The fraction of sp³-hybridized carbons (Fsp3) is 0.963. The maximum Gasteiger partial charge on any atom is 0.312 e. The Bertz CT molecular complexity index is 477. The molecule has 0 aromatic rings. The standard InChI is InChI=1S/C27H48O2/c1-3-5-6-11-18-26(27(25(28)29-4-2)19-12-8-13-20-27)21-16-24(17-22-26)23-14-9-7-10-15-23/h23-24H,3-22H2,1-2H3. The zero-order valence-electron chi connectivity index (χ0n) is 19.6. The zero-order chi connectivity index (χ0) is 20.6. The average Bonchev–Trinajstić information content (AvgIpc) is 2.78. The van der Waals surface area contributed by atoms with Crippen LogP contribution < -0.4 is 0 Å². The largest absolute Gasteiger partial charge is 0.466 e. The summed E-state index contributed by atoms with van der Waals surface area (Å²) in [7, 11) is 0. The third-order valence-corrected chi connectivity index (χ3v) is 9.20. The number of hydrogen-bond acceptors (Lipinski definition) is 2. The SMILES string of the molecule is CCCCCCC1(C2(C(=O)OCC)CCCCC2)CCC(C2CCCCC2)CC1. The lowest BCUT2D eigenvalue weighted by molar-refractivity contribution is -0.174. The predicted octanol–water partition coefficient (Wildman–Crippen LogP) is 8.23. The lowest BCUT2D eigenvalue weighted by atomic mass is 9.49. The van der Waals surface area contributed by atoms with Crippen LogP contribution in [0.3, 0.4) is 0 Å². The molecule has 0 N–H and O–H groups in total. The summed E-state index contributed by atoms with van der Waals surface area (Å²) in [5.74, 6) is 2.08. The Balaban J connectivity index is 1.77. The first-order chi connectivity index (χ1) is 14.2. The van der Waals surface area contributed by atoms with Crippen LogP contribution in [0, 0.1) is 22.7 Å². The Labute approximate surface area is 180 Å². The van der Waals surface area contributed by atoms with Crippen molar-refractivity contribution in [3.63, 3.8) is 0 Å². The van der Waals surface area contributed by atoms with E-state index in [1.807, 2.05) is 6.92 Å². The van der Waals surface area contributed by atoms with E-state index in [0.717, 1.165) is 24.7 Å². The molecule has 3 aliphatic carbocycles. The highest BCUT2D eigenvalue weighted by atomic mass is 16.5. The monoisotopic (exact) mass is 404 g/mol. The topological polar surface area (TPSA) is 26.3 Å². The minimum absolute atomic E-state index is 0.173. The van der Waals surface area contributed by atoms with Gasteiger partial charge in [0.25, 0.3) is 0 Å². The number of hydrogen-bond donors (Lipinski definition) is 0. The van der Waals surface area contributed by atoms with Gasteiger partial charge in [-0.2, -0.15) is 0 Å². The number of esters is 1. The summed E-state index contributed by atoms with van der Waals surface area (Å²) >= 11 is 0. The Morgan fingerprint density at radius 2 is 1.38 bits per heavy atom. The van der Waals surface area contributed by atoms with Crippen molar-refractivity contribution in [2.45, 2.75) is 136 Å². The van der Waals surface area contributed by atoms with E-state index < -0.39 is 0 Å². The van der Waals surface area contributed by atoms with Crippen molar-refractivity contribution in [2.24, 2.45) is 22.7 Å². The minimum atomic E-state index is -0.176. The van der Waals surface area contributed by atoms with Gasteiger partial charge in [-0.15, -0.1) is 0 Å². The second kappa shape index (κ2) is 11.2. The van der Waals surface area contributed by atoms with Gasteiger partial charge in [0.2, 0.25) is 0 Å². The lowest BCUT2D eigenvalue weighted by Crippen LogP contribution is -2.52. The summed E-state index contributed by atoms with van der Waals surface area (Å²) < 4.78 is 5.79. The van der Waals surface area contributed by atoms with Crippen LogP contribution in [-0.4, -0.2) is 12.6 Å². The average molecular weight is 405 g/mol. The van der Waals surface area contributed by atoms with E-state index >= 15 is 0 Å². The first-order valence-electron chi connectivity index (χ1n) is 13.3. The summed E-state index contributed by atoms with van der Waals surface area (Å²) in [4.78, 5) is 13.5. The second-order valence-corrected chi connectivity index (χ2v) is 10.7. The highest BCUT2D eigenvalue weighted by Gasteiger charge is 2.57. The molecule has 3 saturated carbocycles. The van der Waals surface area contributed by atoms with E-state index in [0.29, 0.717) is 6.61 Å². The highest BCUT2D eigenvalue weighted by Crippen LogP contribution is 2.61. The zero-order valence-corrected chi connectivity index (χ0v) is 19.6. The van der Waals surface area contributed by atoms with E-state index in [1.165, 1.54) is 109 Å². The highest BCUT2D eigenvalue weighted by molar-refractivity contribution is 5.78. The van der Waals surface area contributed by atoms with Gasteiger partial charge < -0.3 is 4.74 Å². The van der Waals surface area contributed by atoms with Crippen molar-refractivity contribution >= 4 is 5.97 Å².